The molecule has 1 amide bonds. The first kappa shape index (κ1) is 21.4. The number of aryl methyl sites for hydroxylation is 1. The van der Waals surface area contributed by atoms with Crippen molar-refractivity contribution in [3.8, 4) is 0 Å². The first-order valence-corrected chi connectivity index (χ1v) is 10.6. The highest BCUT2D eigenvalue weighted by Crippen LogP contribution is 2.29. The van der Waals surface area contributed by atoms with Crippen molar-refractivity contribution in [2.75, 3.05) is 19.6 Å². The molecule has 1 aromatic heterocycles. The molecule has 2 aromatic rings. The fourth-order valence-corrected chi connectivity index (χ4v) is 3.88. The molecular weight excluding hydrogens is 365 g/mol. The van der Waals surface area contributed by atoms with Gasteiger partial charge >= 0.3 is 0 Å². The first-order valence-electron chi connectivity index (χ1n) is 10.6. The quantitative estimate of drug-likeness (QED) is 0.738. The summed E-state index contributed by atoms with van der Waals surface area (Å²) in [5, 5.41) is 2.93. The minimum absolute atomic E-state index is 0.140. The van der Waals surface area contributed by atoms with Gasteiger partial charge in [0.1, 0.15) is 5.82 Å². The molecule has 1 aliphatic heterocycles. The maximum atomic E-state index is 13.4. The zero-order valence-corrected chi connectivity index (χ0v) is 17.7. The Kier molecular flexibility index (Phi) is 7.37. The van der Waals surface area contributed by atoms with Crippen LogP contribution in [0.25, 0.3) is 0 Å². The van der Waals surface area contributed by atoms with Crippen molar-refractivity contribution in [1.29, 1.82) is 0 Å². The SMILES string of the molecule is Cc1ccc(C(=O)NCc2cccc(F)c2)c(C2CCN(CCC(C)C)CC2)n1. The Morgan fingerprint density at radius 1 is 1.24 bits per heavy atom. The van der Waals surface area contributed by atoms with E-state index in [1.165, 1.54) is 18.6 Å². The third kappa shape index (κ3) is 6.10. The summed E-state index contributed by atoms with van der Waals surface area (Å²) in [5.74, 6) is 0.595. The summed E-state index contributed by atoms with van der Waals surface area (Å²) in [6.07, 6.45) is 3.28. The molecular formula is C24H32FN3O. The smallest absolute Gasteiger partial charge is 0.253 e. The van der Waals surface area contributed by atoms with Gasteiger partial charge in [-0.1, -0.05) is 26.0 Å². The fraction of sp³-hybridized carbons (Fsp3) is 0.500. The second-order valence-corrected chi connectivity index (χ2v) is 8.50. The number of nitrogens with one attached hydrogen (secondary N) is 1. The predicted octanol–water partition coefficient (Wildman–Crippen LogP) is 4.68. The minimum atomic E-state index is -0.293. The van der Waals surface area contributed by atoms with Gasteiger partial charge in [-0.15, -0.1) is 0 Å². The molecule has 0 saturated carbocycles. The van der Waals surface area contributed by atoms with E-state index in [0.29, 0.717) is 18.0 Å². The highest BCUT2D eigenvalue weighted by Gasteiger charge is 2.26. The van der Waals surface area contributed by atoms with Crippen LogP contribution in [0, 0.1) is 18.7 Å². The molecule has 1 aliphatic rings. The molecule has 1 fully saturated rings. The molecule has 1 saturated heterocycles. The largest absolute Gasteiger partial charge is 0.348 e. The van der Waals surface area contributed by atoms with E-state index in [2.05, 4.69) is 24.1 Å². The van der Waals surface area contributed by atoms with Gasteiger partial charge in [0, 0.05) is 18.2 Å². The average molecular weight is 398 g/mol. The Balaban J connectivity index is 1.65. The number of aromatic nitrogens is 1. The molecule has 29 heavy (non-hydrogen) atoms. The molecule has 156 valence electrons. The first-order chi connectivity index (χ1) is 13.9. The molecule has 1 aromatic carbocycles. The second-order valence-electron chi connectivity index (χ2n) is 8.50. The van der Waals surface area contributed by atoms with Crippen LogP contribution in [0.3, 0.4) is 0 Å². The lowest BCUT2D eigenvalue weighted by Gasteiger charge is -2.32. The van der Waals surface area contributed by atoms with Crippen molar-refractivity contribution in [2.45, 2.75) is 52.5 Å². The zero-order chi connectivity index (χ0) is 20.8. The lowest BCUT2D eigenvalue weighted by atomic mass is 9.89. The van der Waals surface area contributed by atoms with Crippen LogP contribution >= 0.6 is 0 Å². The maximum Gasteiger partial charge on any atom is 0.253 e. The monoisotopic (exact) mass is 397 g/mol. The van der Waals surface area contributed by atoms with Crippen molar-refractivity contribution in [3.63, 3.8) is 0 Å². The van der Waals surface area contributed by atoms with Crippen molar-refractivity contribution in [1.82, 2.24) is 15.2 Å². The van der Waals surface area contributed by atoms with E-state index in [1.54, 1.807) is 6.07 Å². The van der Waals surface area contributed by atoms with E-state index < -0.39 is 0 Å². The molecule has 3 rings (SSSR count). The van der Waals surface area contributed by atoms with E-state index in [-0.39, 0.29) is 11.7 Å². The number of likely N-dealkylation sites (tertiary alicyclic amines) is 1. The summed E-state index contributed by atoms with van der Waals surface area (Å²) in [6.45, 7) is 10.0. The Morgan fingerprint density at radius 2 is 2.00 bits per heavy atom. The fourth-order valence-electron chi connectivity index (χ4n) is 3.88. The van der Waals surface area contributed by atoms with Gasteiger partial charge in [0.2, 0.25) is 0 Å². The van der Waals surface area contributed by atoms with Gasteiger partial charge in [0.15, 0.2) is 0 Å². The van der Waals surface area contributed by atoms with Gasteiger partial charge in [0.05, 0.1) is 11.3 Å². The third-order valence-corrected chi connectivity index (χ3v) is 5.65. The maximum absolute atomic E-state index is 13.4. The standard InChI is InChI=1S/C24H32FN3O/c1-17(2)9-12-28-13-10-20(11-14-28)23-22(8-7-18(3)27-23)24(29)26-16-19-5-4-6-21(25)15-19/h4-8,15,17,20H,9-14,16H2,1-3H3,(H,26,29). The number of rotatable bonds is 7. The van der Waals surface area contributed by atoms with Crippen molar-refractivity contribution >= 4 is 5.91 Å². The molecule has 0 atom stereocenters. The van der Waals surface area contributed by atoms with Crippen LogP contribution in [0.5, 0.6) is 0 Å². The van der Waals surface area contributed by atoms with E-state index in [1.807, 2.05) is 25.1 Å². The minimum Gasteiger partial charge on any atom is -0.348 e. The summed E-state index contributed by atoms with van der Waals surface area (Å²) in [4.78, 5) is 20.1. The van der Waals surface area contributed by atoms with Crippen LogP contribution in [0.2, 0.25) is 0 Å². The number of hydrogen-bond donors (Lipinski definition) is 1. The highest BCUT2D eigenvalue weighted by molar-refractivity contribution is 5.95. The van der Waals surface area contributed by atoms with Crippen molar-refractivity contribution in [3.05, 3.63) is 64.7 Å². The lowest BCUT2D eigenvalue weighted by Crippen LogP contribution is -2.35. The number of piperidine rings is 1. The molecule has 0 bridgehead atoms. The molecule has 0 spiro atoms. The van der Waals surface area contributed by atoms with E-state index in [0.717, 1.165) is 55.3 Å². The van der Waals surface area contributed by atoms with Gasteiger partial charge in [-0.05, 0) is 81.6 Å². The zero-order valence-electron chi connectivity index (χ0n) is 17.7. The Labute approximate surface area is 173 Å². The Bertz CT molecular complexity index is 829. The van der Waals surface area contributed by atoms with Crippen LogP contribution in [-0.4, -0.2) is 35.4 Å². The molecule has 5 heteroatoms. The highest BCUT2D eigenvalue weighted by atomic mass is 19.1. The number of hydrogen-bond acceptors (Lipinski definition) is 3. The molecule has 2 heterocycles. The third-order valence-electron chi connectivity index (χ3n) is 5.65. The van der Waals surface area contributed by atoms with Crippen LogP contribution in [0.1, 0.15) is 66.3 Å². The summed E-state index contributed by atoms with van der Waals surface area (Å²) >= 11 is 0. The molecule has 0 unspecified atom stereocenters. The van der Waals surface area contributed by atoms with Crippen LogP contribution < -0.4 is 5.32 Å². The van der Waals surface area contributed by atoms with Gasteiger partial charge in [-0.2, -0.15) is 0 Å². The molecule has 4 nitrogen and oxygen atoms in total. The predicted molar refractivity (Wildman–Crippen MR) is 114 cm³/mol. The number of carbonyl (C=O) groups excluding carboxylic acids is 1. The van der Waals surface area contributed by atoms with Gasteiger partial charge in [0.25, 0.3) is 5.91 Å². The topological polar surface area (TPSA) is 45.2 Å². The summed E-state index contributed by atoms with van der Waals surface area (Å²) in [6, 6.07) is 10.1. The molecule has 0 aliphatic carbocycles. The Morgan fingerprint density at radius 3 is 2.69 bits per heavy atom. The number of amides is 1. The second kappa shape index (κ2) is 9.97. The molecule has 1 N–H and O–H groups in total. The van der Waals surface area contributed by atoms with Crippen molar-refractivity contribution in [2.24, 2.45) is 5.92 Å². The lowest BCUT2D eigenvalue weighted by molar-refractivity contribution is 0.0947. The Hall–Kier alpha value is -2.27. The van der Waals surface area contributed by atoms with E-state index in [4.69, 9.17) is 4.98 Å². The van der Waals surface area contributed by atoms with Crippen molar-refractivity contribution < 1.29 is 9.18 Å². The summed E-state index contributed by atoms with van der Waals surface area (Å²) in [5.41, 5.74) is 3.24. The van der Waals surface area contributed by atoms with Crippen LogP contribution in [-0.2, 0) is 6.54 Å². The summed E-state index contributed by atoms with van der Waals surface area (Å²) in [7, 11) is 0. The van der Waals surface area contributed by atoms with Gasteiger partial charge in [-0.3, -0.25) is 9.78 Å². The number of nitrogens with zero attached hydrogens (tertiary/aromatic N) is 2. The van der Waals surface area contributed by atoms with E-state index >= 15 is 0 Å². The normalized spacial score (nSPS) is 15.6. The average Bonchev–Trinajstić information content (AvgIpc) is 2.71. The molecule has 0 radical (unpaired) electrons. The number of pyridine rings is 1. The number of benzene rings is 1. The summed E-state index contributed by atoms with van der Waals surface area (Å²) < 4.78 is 13.4. The van der Waals surface area contributed by atoms with Crippen LogP contribution in [0.15, 0.2) is 36.4 Å². The van der Waals surface area contributed by atoms with E-state index in [9.17, 15) is 9.18 Å². The van der Waals surface area contributed by atoms with Gasteiger partial charge in [-0.25, -0.2) is 4.39 Å². The van der Waals surface area contributed by atoms with Crippen LogP contribution in [0.4, 0.5) is 4.39 Å². The number of halogens is 1. The number of carbonyl (C=O) groups is 1. The van der Waals surface area contributed by atoms with Gasteiger partial charge < -0.3 is 10.2 Å².